The van der Waals surface area contributed by atoms with Crippen molar-refractivity contribution in [3.8, 4) is 0 Å². The zero-order valence-corrected chi connectivity index (χ0v) is 18.1. The first-order chi connectivity index (χ1) is 14.4. The van der Waals surface area contributed by atoms with E-state index in [0.717, 1.165) is 42.2 Å². The van der Waals surface area contributed by atoms with Gasteiger partial charge in [-0.15, -0.1) is 0 Å². The van der Waals surface area contributed by atoms with Crippen molar-refractivity contribution in [2.75, 3.05) is 0 Å². The third-order valence-electron chi connectivity index (χ3n) is 5.39. The topological polar surface area (TPSA) is 46.6 Å². The van der Waals surface area contributed by atoms with Gasteiger partial charge in [0.2, 0.25) is 0 Å². The molecule has 158 valence electrons. The van der Waals surface area contributed by atoms with Crippen molar-refractivity contribution in [2.45, 2.75) is 64.0 Å². The van der Waals surface area contributed by atoms with Crippen LogP contribution in [0.1, 0.15) is 63.5 Å². The van der Waals surface area contributed by atoms with E-state index >= 15 is 0 Å². The molecule has 0 radical (unpaired) electrons. The third-order valence-corrected chi connectivity index (χ3v) is 5.39. The maximum Gasteiger partial charge on any atom is 0.414 e. The Bertz CT molecular complexity index is 868. The molecule has 4 heteroatoms. The molecule has 2 atom stereocenters. The summed E-state index contributed by atoms with van der Waals surface area (Å²) < 4.78 is 5.68. The number of allylic oxidation sites excluding steroid dienone is 1. The van der Waals surface area contributed by atoms with Crippen LogP contribution in [-0.4, -0.2) is 28.9 Å². The highest BCUT2D eigenvalue weighted by Crippen LogP contribution is 2.32. The van der Waals surface area contributed by atoms with Crippen LogP contribution in [0.5, 0.6) is 0 Å². The van der Waals surface area contributed by atoms with E-state index in [1.807, 2.05) is 75.5 Å². The van der Waals surface area contributed by atoms with E-state index in [0.29, 0.717) is 6.42 Å². The van der Waals surface area contributed by atoms with Gasteiger partial charge in [0.25, 0.3) is 0 Å². The number of rotatable bonds is 6. The second kappa shape index (κ2) is 9.75. The molecule has 2 aromatic carbocycles. The Balaban J connectivity index is 1.79. The van der Waals surface area contributed by atoms with Crippen molar-refractivity contribution in [3.63, 3.8) is 0 Å². The maximum atomic E-state index is 13.0. The molecule has 1 aliphatic rings. The number of nitrogens with zero attached hydrogens (tertiary/aromatic N) is 1. The Labute approximate surface area is 179 Å². The first kappa shape index (κ1) is 21.8. The molecule has 1 heterocycles. The molecule has 0 aromatic heterocycles. The Morgan fingerprint density at radius 3 is 2.33 bits per heavy atom. The Morgan fingerprint density at radius 1 is 1.10 bits per heavy atom. The number of benzene rings is 2. The van der Waals surface area contributed by atoms with Gasteiger partial charge in [0.15, 0.2) is 0 Å². The summed E-state index contributed by atoms with van der Waals surface area (Å²) in [5.74, 6) is -0.161. The van der Waals surface area contributed by atoms with Crippen LogP contribution in [0.2, 0.25) is 0 Å². The van der Waals surface area contributed by atoms with Gasteiger partial charge in [-0.3, -0.25) is 4.90 Å². The average molecular weight is 406 g/mol. The first-order valence-corrected chi connectivity index (χ1v) is 10.6. The summed E-state index contributed by atoms with van der Waals surface area (Å²) >= 11 is 0. The van der Waals surface area contributed by atoms with Gasteiger partial charge in [0.1, 0.15) is 11.9 Å². The molecule has 3 rings (SSSR count). The largest absolute Gasteiger partial charge is 0.443 e. The predicted molar refractivity (Wildman–Crippen MR) is 120 cm³/mol. The smallest absolute Gasteiger partial charge is 0.414 e. The van der Waals surface area contributed by atoms with Gasteiger partial charge in [-0.2, -0.15) is 0 Å². The van der Waals surface area contributed by atoms with E-state index < -0.39 is 5.60 Å². The zero-order chi connectivity index (χ0) is 21.6. The third kappa shape index (κ3) is 5.82. The minimum absolute atomic E-state index is 0.0125. The van der Waals surface area contributed by atoms with E-state index in [4.69, 9.17) is 4.74 Å². The van der Waals surface area contributed by atoms with Gasteiger partial charge in [0, 0.05) is 18.2 Å². The number of carbonyl (C=O) groups excluding carboxylic acids is 2. The molecular formula is C26H31NO3. The number of amides is 1. The molecule has 0 spiro atoms. The summed E-state index contributed by atoms with van der Waals surface area (Å²) in [5.41, 5.74) is 2.72. The van der Waals surface area contributed by atoms with Gasteiger partial charge in [0.05, 0.1) is 0 Å². The highest BCUT2D eigenvalue weighted by Gasteiger charge is 2.31. The Kier molecular flexibility index (Phi) is 7.09. The van der Waals surface area contributed by atoms with Gasteiger partial charge in [-0.25, -0.2) is 4.79 Å². The summed E-state index contributed by atoms with van der Waals surface area (Å²) in [6, 6.07) is 20.0. The molecule has 1 aliphatic heterocycles. The van der Waals surface area contributed by atoms with Crippen molar-refractivity contribution < 1.29 is 14.3 Å². The number of ether oxygens (including phenoxy) is 1. The standard InChI is InChI=1S/C26H31NO3/c1-26(2,3)30-25(29)27-18-22(20-10-6-4-7-11-20)14-16-24(27)17-15-23(19-28)21-12-8-5-9-13-21/h4-13,18-19,23-24H,14-17H2,1-3H3/t23-,24-/m1/s1. The van der Waals surface area contributed by atoms with Crippen molar-refractivity contribution in [2.24, 2.45) is 0 Å². The minimum Gasteiger partial charge on any atom is -0.443 e. The molecular weight excluding hydrogens is 374 g/mol. The predicted octanol–water partition coefficient (Wildman–Crippen LogP) is 6.19. The minimum atomic E-state index is -0.560. The molecule has 0 aliphatic carbocycles. The summed E-state index contributed by atoms with van der Waals surface area (Å²) in [7, 11) is 0. The lowest BCUT2D eigenvalue weighted by Crippen LogP contribution is -2.42. The van der Waals surface area contributed by atoms with Crippen LogP contribution in [0.25, 0.3) is 5.57 Å². The fraction of sp³-hybridized carbons (Fsp3) is 0.385. The lowest BCUT2D eigenvalue weighted by atomic mass is 9.89. The fourth-order valence-electron chi connectivity index (χ4n) is 3.86. The van der Waals surface area contributed by atoms with Crippen LogP contribution in [-0.2, 0) is 9.53 Å². The van der Waals surface area contributed by atoms with Gasteiger partial charge >= 0.3 is 6.09 Å². The van der Waals surface area contributed by atoms with Crippen LogP contribution < -0.4 is 0 Å². The molecule has 0 N–H and O–H groups in total. The number of aldehydes is 1. The molecule has 0 fully saturated rings. The lowest BCUT2D eigenvalue weighted by molar-refractivity contribution is -0.109. The second-order valence-corrected chi connectivity index (χ2v) is 8.83. The van der Waals surface area contributed by atoms with Crippen molar-refractivity contribution in [1.29, 1.82) is 0 Å². The molecule has 0 bridgehead atoms. The maximum absolute atomic E-state index is 13.0. The summed E-state index contributed by atoms with van der Waals surface area (Å²) in [4.78, 5) is 26.4. The van der Waals surface area contributed by atoms with Crippen LogP contribution in [0.3, 0.4) is 0 Å². The summed E-state index contributed by atoms with van der Waals surface area (Å²) in [5, 5.41) is 0. The van der Waals surface area contributed by atoms with Crippen LogP contribution in [0.4, 0.5) is 4.79 Å². The highest BCUT2D eigenvalue weighted by atomic mass is 16.6. The van der Waals surface area contributed by atoms with Gasteiger partial charge in [-0.05, 0) is 63.2 Å². The van der Waals surface area contributed by atoms with E-state index in [-0.39, 0.29) is 18.1 Å². The zero-order valence-electron chi connectivity index (χ0n) is 18.1. The lowest BCUT2D eigenvalue weighted by Gasteiger charge is -2.35. The van der Waals surface area contributed by atoms with E-state index in [1.54, 1.807) is 4.90 Å². The molecule has 30 heavy (non-hydrogen) atoms. The molecule has 0 saturated carbocycles. The Hall–Kier alpha value is -2.88. The summed E-state index contributed by atoms with van der Waals surface area (Å²) in [6.45, 7) is 5.64. The molecule has 2 aromatic rings. The first-order valence-electron chi connectivity index (χ1n) is 10.6. The fourth-order valence-corrected chi connectivity index (χ4v) is 3.86. The highest BCUT2D eigenvalue weighted by molar-refractivity contribution is 5.75. The molecule has 0 unspecified atom stereocenters. The quantitative estimate of drug-likeness (QED) is 0.538. The number of hydrogen-bond acceptors (Lipinski definition) is 3. The number of carbonyl (C=O) groups is 2. The monoisotopic (exact) mass is 405 g/mol. The van der Waals surface area contributed by atoms with Crippen molar-refractivity contribution in [3.05, 3.63) is 78.0 Å². The van der Waals surface area contributed by atoms with Gasteiger partial charge in [-0.1, -0.05) is 60.7 Å². The van der Waals surface area contributed by atoms with E-state index in [9.17, 15) is 9.59 Å². The molecule has 0 saturated heterocycles. The average Bonchev–Trinajstić information content (AvgIpc) is 2.74. The second-order valence-electron chi connectivity index (χ2n) is 8.83. The van der Waals surface area contributed by atoms with E-state index in [1.165, 1.54) is 0 Å². The van der Waals surface area contributed by atoms with Crippen molar-refractivity contribution >= 4 is 18.0 Å². The van der Waals surface area contributed by atoms with Crippen molar-refractivity contribution in [1.82, 2.24) is 4.90 Å². The Morgan fingerprint density at radius 2 is 1.73 bits per heavy atom. The molecule has 4 nitrogen and oxygen atoms in total. The SMILES string of the molecule is CC(C)(C)OC(=O)N1C=C(c2ccccc2)CC[C@@H]1CC[C@H](C=O)c1ccccc1. The molecule has 1 amide bonds. The van der Waals surface area contributed by atoms with Crippen LogP contribution in [0.15, 0.2) is 66.9 Å². The van der Waals surface area contributed by atoms with Crippen LogP contribution >= 0.6 is 0 Å². The van der Waals surface area contributed by atoms with Gasteiger partial charge < -0.3 is 9.53 Å². The summed E-state index contributed by atoms with van der Waals surface area (Å²) in [6.07, 6.45) is 5.81. The normalized spacial score (nSPS) is 17.8. The number of hydrogen-bond donors (Lipinski definition) is 0. The van der Waals surface area contributed by atoms with Crippen LogP contribution in [0, 0.1) is 0 Å². The van der Waals surface area contributed by atoms with E-state index in [2.05, 4.69) is 12.1 Å².